The number of aryl methyl sites for hydroxylation is 1. The van der Waals surface area contributed by atoms with Crippen LogP contribution in [0.1, 0.15) is 49.4 Å². The number of allylic oxidation sites excluding steroid dienone is 1. The molecule has 7 nitrogen and oxygen atoms in total. The number of nitrogens with zero attached hydrogens (tertiary/aromatic N) is 3. The van der Waals surface area contributed by atoms with Gasteiger partial charge in [-0.25, -0.2) is 4.68 Å². The molecule has 35 heavy (non-hydrogen) atoms. The number of H-pyrrole nitrogens is 1. The Bertz CT molecular complexity index is 1430. The first-order valence-electron chi connectivity index (χ1n) is 12.0. The molecule has 2 aromatic carbocycles. The van der Waals surface area contributed by atoms with Crippen LogP contribution in [0.15, 0.2) is 65.1 Å². The molecule has 1 aliphatic rings. The van der Waals surface area contributed by atoms with Gasteiger partial charge in [-0.1, -0.05) is 55.4 Å². The third kappa shape index (κ3) is 4.34. The first kappa shape index (κ1) is 23.2. The number of anilines is 2. The van der Waals surface area contributed by atoms with E-state index in [1.165, 1.54) is 0 Å². The standard InChI is InChI=1S/C27H30N6OS/c1-5-6-14-35-27-31-26-29-18(4)23(25(34)30-21-13-9-10-16(2)17(21)3)24(33(26)32-27)20-15-28-22-12-8-7-11-19(20)22/h7-13,15,24,28H,5-6,14H2,1-4H3,(H,30,34)(H,29,31,32). The van der Waals surface area contributed by atoms with Crippen LogP contribution in [0, 0.1) is 13.8 Å². The summed E-state index contributed by atoms with van der Waals surface area (Å²) in [6, 6.07) is 13.7. The van der Waals surface area contributed by atoms with E-state index in [4.69, 9.17) is 10.1 Å². The largest absolute Gasteiger partial charge is 0.361 e. The molecule has 2 aromatic heterocycles. The van der Waals surface area contributed by atoms with Gasteiger partial charge < -0.3 is 15.6 Å². The number of fused-ring (bicyclic) bond motifs is 2. The minimum Gasteiger partial charge on any atom is -0.361 e. The van der Waals surface area contributed by atoms with Crippen molar-refractivity contribution in [2.24, 2.45) is 0 Å². The maximum atomic E-state index is 13.8. The fourth-order valence-corrected chi connectivity index (χ4v) is 5.39. The zero-order valence-corrected chi connectivity index (χ0v) is 21.3. The summed E-state index contributed by atoms with van der Waals surface area (Å²) in [4.78, 5) is 21.9. The number of para-hydroxylation sites is 1. The van der Waals surface area contributed by atoms with Crippen molar-refractivity contribution in [1.29, 1.82) is 0 Å². The monoisotopic (exact) mass is 486 g/mol. The molecule has 5 rings (SSSR count). The van der Waals surface area contributed by atoms with Crippen molar-refractivity contribution in [2.45, 2.75) is 51.7 Å². The van der Waals surface area contributed by atoms with Gasteiger partial charge in [0.25, 0.3) is 5.91 Å². The quantitative estimate of drug-likeness (QED) is 0.214. The van der Waals surface area contributed by atoms with Crippen molar-refractivity contribution in [3.8, 4) is 0 Å². The average Bonchev–Trinajstić information content (AvgIpc) is 3.45. The van der Waals surface area contributed by atoms with Gasteiger partial charge in [-0.2, -0.15) is 4.98 Å². The molecule has 0 bridgehead atoms. The van der Waals surface area contributed by atoms with E-state index in [-0.39, 0.29) is 5.91 Å². The SMILES string of the molecule is CCCCSc1nc2n(n1)C(c1c[nH]c3ccccc13)C(C(=O)Nc1cccc(C)c1C)=C(C)N2. The summed E-state index contributed by atoms with van der Waals surface area (Å²) in [7, 11) is 0. The number of nitrogens with one attached hydrogen (secondary N) is 3. The molecule has 1 atom stereocenters. The van der Waals surface area contributed by atoms with E-state index < -0.39 is 6.04 Å². The summed E-state index contributed by atoms with van der Waals surface area (Å²) < 4.78 is 1.86. The van der Waals surface area contributed by atoms with Gasteiger partial charge >= 0.3 is 0 Å². The number of amides is 1. The van der Waals surface area contributed by atoms with Gasteiger partial charge in [0.2, 0.25) is 11.1 Å². The van der Waals surface area contributed by atoms with Crippen LogP contribution in [-0.4, -0.2) is 31.4 Å². The predicted molar refractivity (Wildman–Crippen MR) is 143 cm³/mol. The number of hydrogen-bond acceptors (Lipinski definition) is 5. The summed E-state index contributed by atoms with van der Waals surface area (Å²) in [5, 5.41) is 13.1. The molecule has 1 aliphatic heterocycles. The van der Waals surface area contributed by atoms with Crippen molar-refractivity contribution >= 4 is 40.2 Å². The first-order valence-corrected chi connectivity index (χ1v) is 13.0. The lowest BCUT2D eigenvalue weighted by Gasteiger charge is -2.28. The van der Waals surface area contributed by atoms with Crippen molar-refractivity contribution in [3.05, 3.63) is 76.6 Å². The van der Waals surface area contributed by atoms with Gasteiger partial charge in [0.1, 0.15) is 6.04 Å². The molecule has 0 aliphatic carbocycles. The maximum Gasteiger partial charge on any atom is 0.255 e. The van der Waals surface area contributed by atoms with Crippen LogP contribution in [0.4, 0.5) is 11.6 Å². The molecule has 0 saturated heterocycles. The Labute approximate surface area is 209 Å². The minimum absolute atomic E-state index is 0.152. The topological polar surface area (TPSA) is 87.6 Å². The molecule has 0 radical (unpaired) electrons. The molecule has 4 aromatic rings. The van der Waals surface area contributed by atoms with Gasteiger partial charge in [-0.05, 0) is 50.5 Å². The van der Waals surface area contributed by atoms with E-state index in [1.807, 2.05) is 68.0 Å². The summed E-state index contributed by atoms with van der Waals surface area (Å²) in [6.45, 7) is 8.18. The Hall–Kier alpha value is -3.52. The van der Waals surface area contributed by atoms with E-state index >= 15 is 0 Å². The number of benzene rings is 2. The summed E-state index contributed by atoms with van der Waals surface area (Å²) >= 11 is 1.65. The van der Waals surface area contributed by atoms with Crippen LogP contribution < -0.4 is 10.6 Å². The highest BCUT2D eigenvalue weighted by molar-refractivity contribution is 7.99. The third-order valence-electron chi connectivity index (χ3n) is 6.58. The number of hydrogen-bond donors (Lipinski definition) is 3. The van der Waals surface area contributed by atoms with Crippen LogP contribution in [0.3, 0.4) is 0 Å². The van der Waals surface area contributed by atoms with E-state index in [9.17, 15) is 4.79 Å². The highest BCUT2D eigenvalue weighted by Crippen LogP contribution is 2.39. The third-order valence-corrected chi connectivity index (χ3v) is 7.50. The zero-order valence-electron chi connectivity index (χ0n) is 20.5. The Balaban J connectivity index is 1.59. The Morgan fingerprint density at radius 3 is 2.80 bits per heavy atom. The second-order valence-electron chi connectivity index (χ2n) is 8.92. The predicted octanol–water partition coefficient (Wildman–Crippen LogP) is 6.20. The Morgan fingerprint density at radius 1 is 1.14 bits per heavy atom. The normalized spacial score (nSPS) is 15.3. The van der Waals surface area contributed by atoms with Crippen molar-refractivity contribution < 1.29 is 4.79 Å². The molecular weight excluding hydrogens is 456 g/mol. The van der Waals surface area contributed by atoms with Crippen molar-refractivity contribution in [3.63, 3.8) is 0 Å². The number of carbonyl (C=O) groups is 1. The highest BCUT2D eigenvalue weighted by Gasteiger charge is 2.36. The molecule has 3 N–H and O–H groups in total. The molecule has 1 unspecified atom stereocenters. The molecule has 8 heteroatoms. The summed E-state index contributed by atoms with van der Waals surface area (Å²) in [5.41, 5.74) is 6.41. The van der Waals surface area contributed by atoms with Gasteiger partial charge in [-0.15, -0.1) is 5.10 Å². The fourth-order valence-electron chi connectivity index (χ4n) is 4.48. The summed E-state index contributed by atoms with van der Waals surface area (Å²) in [6.07, 6.45) is 4.21. The Morgan fingerprint density at radius 2 is 1.97 bits per heavy atom. The van der Waals surface area contributed by atoms with Crippen molar-refractivity contribution in [1.82, 2.24) is 19.7 Å². The highest BCUT2D eigenvalue weighted by atomic mass is 32.2. The van der Waals surface area contributed by atoms with Crippen LogP contribution in [0.5, 0.6) is 0 Å². The number of aromatic nitrogens is 4. The van der Waals surface area contributed by atoms with E-state index in [0.717, 1.165) is 62.7 Å². The van der Waals surface area contributed by atoms with Gasteiger partial charge in [0.05, 0.1) is 5.57 Å². The van der Waals surface area contributed by atoms with Crippen LogP contribution in [-0.2, 0) is 4.79 Å². The van der Waals surface area contributed by atoms with Crippen molar-refractivity contribution in [2.75, 3.05) is 16.4 Å². The zero-order chi connectivity index (χ0) is 24.5. The molecule has 0 saturated carbocycles. The van der Waals surface area contributed by atoms with Gasteiger partial charge in [0, 0.05) is 39.8 Å². The van der Waals surface area contributed by atoms with E-state index in [2.05, 4.69) is 28.6 Å². The lowest BCUT2D eigenvalue weighted by Crippen LogP contribution is -2.31. The molecule has 0 spiro atoms. The van der Waals surface area contributed by atoms with Crippen LogP contribution >= 0.6 is 11.8 Å². The van der Waals surface area contributed by atoms with Crippen LogP contribution in [0.25, 0.3) is 10.9 Å². The van der Waals surface area contributed by atoms with E-state index in [1.54, 1.807) is 11.8 Å². The lowest BCUT2D eigenvalue weighted by atomic mass is 9.94. The Kier molecular flexibility index (Phi) is 6.38. The fraction of sp³-hybridized carbons (Fsp3) is 0.296. The molecule has 0 fully saturated rings. The molecular formula is C27H30N6OS. The number of rotatable bonds is 7. The number of carbonyl (C=O) groups excluding carboxylic acids is 1. The van der Waals surface area contributed by atoms with Crippen LogP contribution in [0.2, 0.25) is 0 Å². The second-order valence-corrected chi connectivity index (χ2v) is 9.98. The smallest absolute Gasteiger partial charge is 0.255 e. The molecule has 1 amide bonds. The van der Waals surface area contributed by atoms with Gasteiger partial charge in [0.15, 0.2) is 0 Å². The second kappa shape index (κ2) is 9.62. The minimum atomic E-state index is -0.416. The van der Waals surface area contributed by atoms with Gasteiger partial charge in [-0.3, -0.25) is 4.79 Å². The number of thioether (sulfide) groups is 1. The molecule has 180 valence electrons. The number of aromatic amines is 1. The molecule has 3 heterocycles. The maximum absolute atomic E-state index is 13.8. The number of unbranched alkanes of at least 4 members (excludes halogenated alkanes) is 1. The lowest BCUT2D eigenvalue weighted by molar-refractivity contribution is -0.113. The summed E-state index contributed by atoms with van der Waals surface area (Å²) in [5.74, 6) is 1.46. The first-order chi connectivity index (χ1) is 17.0. The van der Waals surface area contributed by atoms with E-state index in [0.29, 0.717) is 11.5 Å². The average molecular weight is 487 g/mol.